The molecule has 0 aliphatic rings. The maximum atomic E-state index is 13.7. The van der Waals surface area contributed by atoms with E-state index >= 15 is 0 Å². The Morgan fingerprint density at radius 1 is 1.33 bits per heavy atom. The molecule has 1 aromatic carbocycles. The summed E-state index contributed by atoms with van der Waals surface area (Å²) in [5.41, 5.74) is 6.35. The number of hydrogen-bond acceptors (Lipinski definition) is 2. The molecule has 6 heteroatoms. The zero-order valence-corrected chi connectivity index (χ0v) is 10.3. The summed E-state index contributed by atoms with van der Waals surface area (Å²) in [5.74, 6) is -0.561. The monoisotopic (exact) mass is 264 g/mol. The third kappa shape index (κ3) is 4.18. The molecule has 0 radical (unpaired) electrons. The second-order valence-electron chi connectivity index (χ2n) is 4.29. The van der Waals surface area contributed by atoms with Crippen LogP contribution >= 0.6 is 0 Å². The van der Waals surface area contributed by atoms with E-state index in [1.165, 1.54) is 24.1 Å². The van der Waals surface area contributed by atoms with Crippen molar-refractivity contribution >= 4 is 5.69 Å². The predicted octanol–water partition coefficient (Wildman–Crippen LogP) is 3.23. The number of hydrogen-bond donors (Lipinski definition) is 1. The zero-order chi connectivity index (χ0) is 13.9. The highest BCUT2D eigenvalue weighted by molar-refractivity contribution is 5.48. The van der Waals surface area contributed by atoms with E-state index < -0.39 is 18.4 Å². The van der Waals surface area contributed by atoms with Crippen molar-refractivity contribution in [2.45, 2.75) is 25.6 Å². The van der Waals surface area contributed by atoms with Crippen molar-refractivity contribution in [3.63, 3.8) is 0 Å². The molecule has 18 heavy (non-hydrogen) atoms. The van der Waals surface area contributed by atoms with Gasteiger partial charge in [0, 0.05) is 19.6 Å². The summed E-state index contributed by atoms with van der Waals surface area (Å²) in [6, 6.07) is 4.01. The first-order valence-corrected chi connectivity index (χ1v) is 5.53. The molecule has 1 rings (SSSR count). The molecular formula is C12H16F4N2. The van der Waals surface area contributed by atoms with Crippen molar-refractivity contribution < 1.29 is 17.6 Å². The van der Waals surface area contributed by atoms with Gasteiger partial charge in [0.25, 0.3) is 0 Å². The van der Waals surface area contributed by atoms with Crippen LogP contribution in [0.25, 0.3) is 0 Å². The van der Waals surface area contributed by atoms with Gasteiger partial charge in [-0.2, -0.15) is 13.2 Å². The van der Waals surface area contributed by atoms with Gasteiger partial charge in [-0.25, -0.2) is 4.39 Å². The minimum absolute atomic E-state index is 0.142. The van der Waals surface area contributed by atoms with E-state index in [9.17, 15) is 17.6 Å². The number of rotatable bonds is 4. The Labute approximate surface area is 103 Å². The quantitative estimate of drug-likeness (QED) is 0.846. The maximum absolute atomic E-state index is 13.7. The third-order valence-corrected chi connectivity index (χ3v) is 2.64. The minimum atomic E-state index is -4.24. The molecule has 1 aromatic rings. The van der Waals surface area contributed by atoms with Gasteiger partial charge in [-0.3, -0.25) is 0 Å². The summed E-state index contributed by atoms with van der Waals surface area (Å²) in [6.45, 7) is 1.43. The van der Waals surface area contributed by atoms with Gasteiger partial charge in [0.15, 0.2) is 0 Å². The van der Waals surface area contributed by atoms with Crippen LogP contribution in [0.2, 0.25) is 0 Å². The SMILES string of the molecule is C[C@@H](N)c1ccc(N(C)CCC(F)(F)F)c(F)c1. The molecule has 1 atom stereocenters. The molecule has 102 valence electrons. The highest BCUT2D eigenvalue weighted by Crippen LogP contribution is 2.25. The molecule has 0 saturated heterocycles. The van der Waals surface area contributed by atoms with Gasteiger partial charge in [0.2, 0.25) is 0 Å². The molecule has 0 amide bonds. The van der Waals surface area contributed by atoms with Crippen LogP contribution in [0, 0.1) is 5.82 Å². The first kappa shape index (κ1) is 14.8. The largest absolute Gasteiger partial charge is 0.390 e. The number of anilines is 1. The smallest absolute Gasteiger partial charge is 0.372 e. The zero-order valence-electron chi connectivity index (χ0n) is 10.3. The molecular weight excluding hydrogens is 248 g/mol. The van der Waals surface area contributed by atoms with Crippen LogP contribution < -0.4 is 10.6 Å². The summed E-state index contributed by atoms with van der Waals surface area (Å²) in [7, 11) is 1.43. The number of nitrogens with zero attached hydrogens (tertiary/aromatic N) is 1. The van der Waals surface area contributed by atoms with Gasteiger partial charge in [0.1, 0.15) is 5.82 Å². The highest BCUT2D eigenvalue weighted by atomic mass is 19.4. The Balaban J connectivity index is 2.77. The fraction of sp³-hybridized carbons (Fsp3) is 0.500. The Morgan fingerprint density at radius 3 is 2.39 bits per heavy atom. The Bertz CT molecular complexity index is 402. The van der Waals surface area contributed by atoms with Crippen LogP contribution in [0.5, 0.6) is 0 Å². The van der Waals surface area contributed by atoms with Crippen molar-refractivity contribution in [3.05, 3.63) is 29.6 Å². The Kier molecular flexibility index (Phi) is 4.56. The van der Waals surface area contributed by atoms with Gasteiger partial charge in [-0.1, -0.05) is 6.07 Å². The summed E-state index contributed by atoms with van der Waals surface area (Å²) in [5, 5.41) is 0. The van der Waals surface area contributed by atoms with Crippen molar-refractivity contribution in [3.8, 4) is 0 Å². The average molecular weight is 264 g/mol. The summed E-state index contributed by atoms with van der Waals surface area (Å²) in [4.78, 5) is 1.24. The number of alkyl halides is 3. The lowest BCUT2D eigenvalue weighted by Gasteiger charge is -2.21. The Morgan fingerprint density at radius 2 is 1.94 bits per heavy atom. The summed E-state index contributed by atoms with van der Waals surface area (Å²) < 4.78 is 49.9. The molecule has 0 saturated carbocycles. The summed E-state index contributed by atoms with van der Waals surface area (Å²) in [6.07, 6.45) is -5.21. The Hall–Kier alpha value is -1.30. The topological polar surface area (TPSA) is 29.3 Å². The molecule has 0 bridgehead atoms. The van der Waals surface area contributed by atoms with Crippen LogP contribution in [-0.2, 0) is 0 Å². The van der Waals surface area contributed by atoms with E-state index in [0.29, 0.717) is 5.56 Å². The van der Waals surface area contributed by atoms with E-state index in [1.807, 2.05) is 0 Å². The lowest BCUT2D eigenvalue weighted by Crippen LogP contribution is -2.25. The molecule has 0 heterocycles. The fourth-order valence-corrected chi connectivity index (χ4v) is 1.53. The molecule has 0 aliphatic heterocycles. The average Bonchev–Trinajstić information content (AvgIpc) is 2.24. The van der Waals surface area contributed by atoms with E-state index in [1.54, 1.807) is 13.0 Å². The number of halogens is 4. The van der Waals surface area contributed by atoms with Crippen LogP contribution in [0.3, 0.4) is 0 Å². The first-order valence-electron chi connectivity index (χ1n) is 5.53. The second-order valence-corrected chi connectivity index (χ2v) is 4.29. The predicted molar refractivity (Wildman–Crippen MR) is 62.9 cm³/mol. The highest BCUT2D eigenvalue weighted by Gasteiger charge is 2.27. The van der Waals surface area contributed by atoms with Gasteiger partial charge in [0.05, 0.1) is 12.1 Å². The molecule has 0 unspecified atom stereocenters. The van der Waals surface area contributed by atoms with Gasteiger partial charge in [-0.15, -0.1) is 0 Å². The van der Waals surface area contributed by atoms with Gasteiger partial charge < -0.3 is 10.6 Å². The van der Waals surface area contributed by atoms with Crippen molar-refractivity contribution in [2.75, 3.05) is 18.5 Å². The molecule has 2 nitrogen and oxygen atoms in total. The molecule has 0 aromatic heterocycles. The second kappa shape index (κ2) is 5.56. The normalized spacial score (nSPS) is 13.5. The molecule has 0 aliphatic carbocycles. The molecule has 2 N–H and O–H groups in total. The van der Waals surface area contributed by atoms with Gasteiger partial charge in [-0.05, 0) is 24.6 Å². The van der Waals surface area contributed by atoms with Crippen LogP contribution in [0.1, 0.15) is 24.9 Å². The van der Waals surface area contributed by atoms with Gasteiger partial charge >= 0.3 is 6.18 Å². The molecule has 0 spiro atoms. The van der Waals surface area contributed by atoms with E-state index in [4.69, 9.17) is 5.73 Å². The minimum Gasteiger partial charge on any atom is -0.372 e. The van der Waals surface area contributed by atoms with Crippen LogP contribution in [-0.4, -0.2) is 19.8 Å². The van der Waals surface area contributed by atoms with E-state index in [2.05, 4.69) is 0 Å². The standard InChI is InChI=1S/C12H16F4N2/c1-8(17)9-3-4-11(10(13)7-9)18(2)6-5-12(14,15)16/h3-4,7-8H,5-6,17H2,1-2H3/t8-/m1/s1. The lowest BCUT2D eigenvalue weighted by atomic mass is 10.1. The van der Waals surface area contributed by atoms with E-state index in [0.717, 1.165) is 0 Å². The maximum Gasteiger partial charge on any atom is 0.390 e. The van der Waals surface area contributed by atoms with E-state index in [-0.39, 0.29) is 18.3 Å². The number of nitrogens with two attached hydrogens (primary N) is 1. The van der Waals surface area contributed by atoms with Crippen molar-refractivity contribution in [1.29, 1.82) is 0 Å². The first-order chi connectivity index (χ1) is 8.20. The van der Waals surface area contributed by atoms with Crippen molar-refractivity contribution in [1.82, 2.24) is 0 Å². The van der Waals surface area contributed by atoms with Crippen LogP contribution in [0.15, 0.2) is 18.2 Å². The summed E-state index contributed by atoms with van der Waals surface area (Å²) >= 11 is 0. The van der Waals surface area contributed by atoms with Crippen LogP contribution in [0.4, 0.5) is 23.2 Å². The fourth-order valence-electron chi connectivity index (χ4n) is 1.53. The molecule has 0 fully saturated rings. The number of benzene rings is 1. The lowest BCUT2D eigenvalue weighted by molar-refractivity contribution is -0.132. The van der Waals surface area contributed by atoms with Crippen molar-refractivity contribution in [2.24, 2.45) is 5.73 Å². The third-order valence-electron chi connectivity index (χ3n) is 2.64.